The van der Waals surface area contributed by atoms with Crippen molar-refractivity contribution in [2.24, 2.45) is 0 Å². The standard InChI is InChI=1S/C22H44O4/c1-3-5-6-7-8-9-10-11-12-13-14-15-16-17-18-19-20(23)21(24)22(25)26-4-2/h20-21,23-24H,3-19H2,1-2H3/t20-,21+/m1/s1. The van der Waals surface area contributed by atoms with E-state index < -0.39 is 18.2 Å². The molecule has 2 N–H and O–H groups in total. The number of carbonyl (C=O) groups is 1. The highest BCUT2D eigenvalue weighted by Crippen LogP contribution is 2.14. The van der Waals surface area contributed by atoms with Crippen molar-refractivity contribution in [3.8, 4) is 0 Å². The molecular formula is C22H44O4. The number of carbonyl (C=O) groups excluding carboxylic acids is 1. The first-order valence-electron chi connectivity index (χ1n) is 11.2. The Morgan fingerprint density at radius 2 is 1.08 bits per heavy atom. The van der Waals surface area contributed by atoms with E-state index in [2.05, 4.69) is 6.92 Å². The third-order valence-electron chi connectivity index (χ3n) is 5.00. The molecule has 0 fully saturated rings. The third kappa shape index (κ3) is 15.6. The van der Waals surface area contributed by atoms with Gasteiger partial charge in [0.05, 0.1) is 12.7 Å². The summed E-state index contributed by atoms with van der Waals surface area (Å²) in [4.78, 5) is 11.3. The maximum Gasteiger partial charge on any atom is 0.337 e. The van der Waals surface area contributed by atoms with Crippen LogP contribution in [0.25, 0.3) is 0 Å². The van der Waals surface area contributed by atoms with E-state index >= 15 is 0 Å². The van der Waals surface area contributed by atoms with Gasteiger partial charge in [0.15, 0.2) is 6.10 Å². The molecule has 0 unspecified atom stereocenters. The molecule has 0 bridgehead atoms. The second kappa shape index (κ2) is 19.2. The highest BCUT2D eigenvalue weighted by atomic mass is 16.5. The minimum absolute atomic E-state index is 0.224. The van der Waals surface area contributed by atoms with E-state index in [0.29, 0.717) is 6.42 Å². The van der Waals surface area contributed by atoms with E-state index in [4.69, 9.17) is 4.74 Å². The molecule has 2 atom stereocenters. The van der Waals surface area contributed by atoms with Crippen LogP contribution in [-0.2, 0) is 9.53 Å². The van der Waals surface area contributed by atoms with Crippen molar-refractivity contribution in [1.29, 1.82) is 0 Å². The van der Waals surface area contributed by atoms with Gasteiger partial charge < -0.3 is 14.9 Å². The summed E-state index contributed by atoms with van der Waals surface area (Å²) in [7, 11) is 0. The van der Waals surface area contributed by atoms with E-state index in [9.17, 15) is 15.0 Å². The van der Waals surface area contributed by atoms with Crippen LogP contribution < -0.4 is 0 Å². The molecule has 0 aromatic carbocycles. The first-order valence-corrected chi connectivity index (χ1v) is 11.2. The molecule has 0 spiro atoms. The monoisotopic (exact) mass is 372 g/mol. The van der Waals surface area contributed by atoms with Crippen LogP contribution in [0.2, 0.25) is 0 Å². The molecule has 4 heteroatoms. The van der Waals surface area contributed by atoms with Crippen molar-refractivity contribution in [3.05, 3.63) is 0 Å². The zero-order valence-corrected chi connectivity index (χ0v) is 17.4. The second-order valence-corrected chi connectivity index (χ2v) is 7.50. The minimum atomic E-state index is -1.40. The Balaban J connectivity index is 3.27. The minimum Gasteiger partial charge on any atom is -0.464 e. The van der Waals surface area contributed by atoms with Crippen LogP contribution in [0.3, 0.4) is 0 Å². The molecule has 4 nitrogen and oxygen atoms in total. The number of aliphatic hydroxyl groups excluding tert-OH is 2. The first-order chi connectivity index (χ1) is 12.6. The van der Waals surface area contributed by atoms with Crippen LogP contribution in [0, 0.1) is 0 Å². The predicted octanol–water partition coefficient (Wildman–Crippen LogP) is 5.53. The zero-order valence-electron chi connectivity index (χ0n) is 17.4. The van der Waals surface area contributed by atoms with Gasteiger partial charge in [-0.15, -0.1) is 0 Å². The normalized spacial score (nSPS) is 13.5. The summed E-state index contributed by atoms with van der Waals surface area (Å²) in [6.45, 7) is 4.17. The molecule has 0 aliphatic carbocycles. The van der Waals surface area contributed by atoms with E-state index in [1.807, 2.05) is 0 Å². The number of ether oxygens (including phenoxy) is 1. The van der Waals surface area contributed by atoms with Gasteiger partial charge in [0.2, 0.25) is 0 Å². The summed E-state index contributed by atoms with van der Waals surface area (Å²) in [5, 5.41) is 19.4. The Hall–Kier alpha value is -0.610. The van der Waals surface area contributed by atoms with Crippen LogP contribution in [-0.4, -0.2) is 35.0 Å². The number of hydrogen-bond acceptors (Lipinski definition) is 4. The molecule has 26 heavy (non-hydrogen) atoms. The number of unbranched alkanes of at least 4 members (excludes halogenated alkanes) is 14. The fourth-order valence-electron chi connectivity index (χ4n) is 3.27. The lowest BCUT2D eigenvalue weighted by Crippen LogP contribution is -2.35. The Kier molecular flexibility index (Phi) is 18.7. The van der Waals surface area contributed by atoms with Gasteiger partial charge >= 0.3 is 5.97 Å². The molecule has 156 valence electrons. The molecule has 0 aliphatic rings. The molecule has 0 amide bonds. The van der Waals surface area contributed by atoms with E-state index in [1.165, 1.54) is 83.5 Å². The van der Waals surface area contributed by atoms with Crippen LogP contribution in [0.15, 0.2) is 0 Å². The van der Waals surface area contributed by atoms with E-state index in [1.54, 1.807) is 6.92 Å². The topological polar surface area (TPSA) is 66.8 Å². The second-order valence-electron chi connectivity index (χ2n) is 7.50. The van der Waals surface area contributed by atoms with Gasteiger partial charge in [0.25, 0.3) is 0 Å². The quantitative estimate of drug-likeness (QED) is 0.231. The fraction of sp³-hybridized carbons (Fsp3) is 0.955. The van der Waals surface area contributed by atoms with Gasteiger partial charge in [-0.1, -0.05) is 103 Å². The van der Waals surface area contributed by atoms with Crippen molar-refractivity contribution in [2.45, 2.75) is 129 Å². The van der Waals surface area contributed by atoms with Crippen LogP contribution in [0.1, 0.15) is 117 Å². The fourth-order valence-corrected chi connectivity index (χ4v) is 3.27. The molecule has 0 radical (unpaired) electrons. The molecule has 0 aliphatic heterocycles. The highest BCUT2D eigenvalue weighted by Gasteiger charge is 2.24. The van der Waals surface area contributed by atoms with Crippen LogP contribution in [0.5, 0.6) is 0 Å². The van der Waals surface area contributed by atoms with Gasteiger partial charge in [-0.05, 0) is 13.3 Å². The molecule has 0 rings (SSSR count). The molecular weight excluding hydrogens is 328 g/mol. The lowest BCUT2D eigenvalue weighted by atomic mass is 10.0. The van der Waals surface area contributed by atoms with Crippen molar-refractivity contribution >= 4 is 5.97 Å². The summed E-state index contributed by atoms with van der Waals surface area (Å²) >= 11 is 0. The Labute approximate surface area is 161 Å². The molecule has 0 aromatic rings. The first kappa shape index (κ1) is 25.4. The Bertz CT molecular complexity index is 307. The van der Waals surface area contributed by atoms with Crippen molar-refractivity contribution in [1.82, 2.24) is 0 Å². The lowest BCUT2D eigenvalue weighted by Gasteiger charge is -2.16. The number of rotatable bonds is 19. The molecule has 0 saturated carbocycles. The van der Waals surface area contributed by atoms with Crippen LogP contribution in [0.4, 0.5) is 0 Å². The SMILES string of the molecule is CCCCCCCCCCCCCCCCC[C@@H](O)[C@H](O)C(=O)OCC. The van der Waals surface area contributed by atoms with Crippen LogP contribution >= 0.6 is 0 Å². The van der Waals surface area contributed by atoms with Crippen molar-refractivity contribution in [3.63, 3.8) is 0 Å². The third-order valence-corrected chi connectivity index (χ3v) is 5.00. The largest absolute Gasteiger partial charge is 0.464 e. The van der Waals surface area contributed by atoms with E-state index in [0.717, 1.165) is 12.8 Å². The molecule has 0 saturated heterocycles. The highest BCUT2D eigenvalue weighted by molar-refractivity contribution is 5.75. The Morgan fingerprint density at radius 1 is 0.692 bits per heavy atom. The Morgan fingerprint density at radius 3 is 1.46 bits per heavy atom. The van der Waals surface area contributed by atoms with Gasteiger partial charge in [0.1, 0.15) is 0 Å². The van der Waals surface area contributed by atoms with E-state index in [-0.39, 0.29) is 6.61 Å². The molecule has 0 heterocycles. The molecule has 0 aromatic heterocycles. The van der Waals surface area contributed by atoms with Gasteiger partial charge in [-0.2, -0.15) is 0 Å². The summed E-state index contributed by atoms with van der Waals surface area (Å²) in [6, 6.07) is 0. The number of hydrogen-bond donors (Lipinski definition) is 2. The average molecular weight is 373 g/mol. The van der Waals surface area contributed by atoms with Crippen molar-refractivity contribution in [2.75, 3.05) is 6.61 Å². The summed E-state index contributed by atoms with van der Waals surface area (Å²) in [6.07, 6.45) is 17.5. The van der Waals surface area contributed by atoms with Gasteiger partial charge in [-0.3, -0.25) is 0 Å². The summed E-state index contributed by atoms with van der Waals surface area (Å²) in [5.41, 5.74) is 0. The maximum absolute atomic E-state index is 11.3. The van der Waals surface area contributed by atoms with Gasteiger partial charge in [-0.25, -0.2) is 4.79 Å². The average Bonchev–Trinajstić information content (AvgIpc) is 2.64. The smallest absolute Gasteiger partial charge is 0.337 e. The summed E-state index contributed by atoms with van der Waals surface area (Å²) in [5.74, 6) is -0.721. The van der Waals surface area contributed by atoms with Crippen molar-refractivity contribution < 1.29 is 19.7 Å². The maximum atomic E-state index is 11.3. The zero-order chi connectivity index (χ0) is 19.5. The number of esters is 1. The lowest BCUT2D eigenvalue weighted by molar-refractivity contribution is -0.159. The number of aliphatic hydroxyl groups is 2. The predicted molar refractivity (Wildman–Crippen MR) is 108 cm³/mol. The summed E-state index contributed by atoms with van der Waals surface area (Å²) < 4.78 is 4.70. The van der Waals surface area contributed by atoms with Gasteiger partial charge in [0, 0.05) is 0 Å².